The zero-order valence-corrected chi connectivity index (χ0v) is 5.35. The fourth-order valence-corrected chi connectivity index (χ4v) is 0.705. The van der Waals surface area contributed by atoms with Crippen molar-refractivity contribution < 1.29 is 4.42 Å². The number of nitrogens with two attached hydrogens (primary N) is 1. The highest BCUT2D eigenvalue weighted by molar-refractivity contribution is 5.14. The zero-order valence-electron chi connectivity index (χ0n) is 5.35. The molecule has 1 aromatic heterocycles. The lowest BCUT2D eigenvalue weighted by atomic mass is 10.3. The molecule has 0 aliphatic carbocycles. The molecular formula is C6H10N2O. The molecule has 3 nitrogen and oxygen atoms in total. The molecule has 0 fully saturated rings. The van der Waals surface area contributed by atoms with E-state index >= 15 is 0 Å². The molecule has 0 unspecified atom stereocenters. The Kier molecular flexibility index (Phi) is 1.87. The minimum atomic E-state index is 0.669. The third-order valence-corrected chi connectivity index (χ3v) is 1.26. The van der Waals surface area contributed by atoms with Gasteiger partial charge in [-0.3, -0.25) is 11.3 Å². The fourth-order valence-electron chi connectivity index (χ4n) is 0.705. The smallest absolute Gasteiger partial charge is 0.105 e. The Hall–Kier alpha value is -0.800. The Morgan fingerprint density at radius 3 is 3.00 bits per heavy atom. The van der Waals surface area contributed by atoms with Crippen molar-refractivity contribution in [2.75, 3.05) is 0 Å². The maximum absolute atomic E-state index is 5.10. The van der Waals surface area contributed by atoms with Gasteiger partial charge < -0.3 is 4.42 Å². The van der Waals surface area contributed by atoms with Crippen LogP contribution in [-0.2, 0) is 6.54 Å². The second kappa shape index (κ2) is 2.66. The second-order valence-electron chi connectivity index (χ2n) is 1.88. The summed E-state index contributed by atoms with van der Waals surface area (Å²) < 4.78 is 5.02. The van der Waals surface area contributed by atoms with Gasteiger partial charge in [0, 0.05) is 12.1 Å². The van der Waals surface area contributed by atoms with Crippen molar-refractivity contribution in [1.82, 2.24) is 5.43 Å². The van der Waals surface area contributed by atoms with Gasteiger partial charge in [-0.25, -0.2) is 0 Å². The summed E-state index contributed by atoms with van der Waals surface area (Å²) in [6.07, 6.45) is 1.65. The molecule has 9 heavy (non-hydrogen) atoms. The number of hydrazine groups is 1. The molecule has 0 saturated heterocycles. The molecule has 0 radical (unpaired) electrons. The molecule has 0 bridgehead atoms. The van der Waals surface area contributed by atoms with Crippen molar-refractivity contribution in [2.24, 2.45) is 5.84 Å². The first-order valence-corrected chi connectivity index (χ1v) is 2.81. The molecule has 0 saturated carbocycles. The van der Waals surface area contributed by atoms with Crippen LogP contribution in [0.25, 0.3) is 0 Å². The molecule has 1 aromatic rings. The molecule has 0 aliphatic rings. The summed E-state index contributed by atoms with van der Waals surface area (Å²) in [5.74, 6) is 6.02. The lowest BCUT2D eigenvalue weighted by molar-refractivity contribution is 0.527. The number of nitrogens with one attached hydrogen (secondary N) is 1. The van der Waals surface area contributed by atoms with Crippen LogP contribution < -0.4 is 11.3 Å². The Morgan fingerprint density at radius 2 is 2.56 bits per heavy atom. The molecule has 0 aliphatic heterocycles. The van der Waals surface area contributed by atoms with Crippen molar-refractivity contribution in [3.8, 4) is 0 Å². The van der Waals surface area contributed by atoms with Crippen molar-refractivity contribution in [3.63, 3.8) is 0 Å². The summed E-state index contributed by atoms with van der Waals surface area (Å²) >= 11 is 0. The fraction of sp³-hybridized carbons (Fsp3) is 0.333. The highest BCUT2D eigenvalue weighted by Gasteiger charge is 1.96. The predicted octanol–water partition coefficient (Wildman–Crippen LogP) is 0.551. The lowest BCUT2D eigenvalue weighted by Crippen LogP contribution is -2.20. The van der Waals surface area contributed by atoms with Crippen LogP contribution in [0.5, 0.6) is 0 Å². The molecule has 3 N–H and O–H groups in total. The standard InChI is InChI=1S/C6H10N2O/c1-5-6(4-8-7)2-3-9-5/h2-3,8H,4,7H2,1H3. The number of aryl methyl sites for hydroxylation is 1. The number of hydrogen-bond donors (Lipinski definition) is 2. The van der Waals surface area contributed by atoms with Crippen LogP contribution in [0.4, 0.5) is 0 Å². The van der Waals surface area contributed by atoms with Crippen LogP contribution in [0.15, 0.2) is 16.7 Å². The van der Waals surface area contributed by atoms with E-state index in [0.29, 0.717) is 6.54 Å². The van der Waals surface area contributed by atoms with Gasteiger partial charge in [0.05, 0.1) is 6.26 Å². The topological polar surface area (TPSA) is 51.2 Å². The van der Waals surface area contributed by atoms with Crippen molar-refractivity contribution in [2.45, 2.75) is 13.5 Å². The quantitative estimate of drug-likeness (QED) is 0.449. The van der Waals surface area contributed by atoms with Gasteiger partial charge in [-0.2, -0.15) is 0 Å². The molecule has 0 spiro atoms. The summed E-state index contributed by atoms with van der Waals surface area (Å²) in [6.45, 7) is 2.58. The highest BCUT2D eigenvalue weighted by atomic mass is 16.3. The van der Waals surface area contributed by atoms with Gasteiger partial charge in [0.15, 0.2) is 0 Å². The van der Waals surface area contributed by atoms with Gasteiger partial charge in [0.2, 0.25) is 0 Å². The van der Waals surface area contributed by atoms with E-state index in [-0.39, 0.29) is 0 Å². The van der Waals surface area contributed by atoms with Crippen LogP contribution in [0.2, 0.25) is 0 Å². The summed E-state index contributed by atoms with van der Waals surface area (Å²) in [7, 11) is 0. The van der Waals surface area contributed by atoms with E-state index in [2.05, 4.69) is 5.43 Å². The molecule has 0 aromatic carbocycles. The number of hydrogen-bond acceptors (Lipinski definition) is 3. The summed E-state index contributed by atoms with van der Waals surface area (Å²) in [6, 6.07) is 1.90. The van der Waals surface area contributed by atoms with E-state index in [4.69, 9.17) is 10.3 Å². The summed E-state index contributed by atoms with van der Waals surface area (Å²) in [5, 5.41) is 0. The molecule has 50 valence electrons. The maximum atomic E-state index is 5.10. The van der Waals surface area contributed by atoms with Crippen molar-refractivity contribution in [1.29, 1.82) is 0 Å². The number of furan rings is 1. The van der Waals surface area contributed by atoms with E-state index in [1.165, 1.54) is 0 Å². The maximum Gasteiger partial charge on any atom is 0.105 e. The second-order valence-corrected chi connectivity index (χ2v) is 1.88. The normalized spacial score (nSPS) is 10.0. The van der Waals surface area contributed by atoms with E-state index in [9.17, 15) is 0 Å². The van der Waals surface area contributed by atoms with Gasteiger partial charge in [0.25, 0.3) is 0 Å². The Labute approximate surface area is 53.8 Å². The van der Waals surface area contributed by atoms with Gasteiger partial charge in [0.1, 0.15) is 5.76 Å². The predicted molar refractivity (Wildman–Crippen MR) is 34.5 cm³/mol. The average Bonchev–Trinajstić information content (AvgIpc) is 2.18. The molecule has 1 rings (SSSR count). The van der Waals surface area contributed by atoms with Crippen LogP contribution in [-0.4, -0.2) is 0 Å². The molecule has 1 heterocycles. The van der Waals surface area contributed by atoms with Crippen molar-refractivity contribution in [3.05, 3.63) is 23.7 Å². The Balaban J connectivity index is 2.69. The van der Waals surface area contributed by atoms with E-state index < -0.39 is 0 Å². The lowest BCUT2D eigenvalue weighted by Gasteiger charge is -1.93. The Morgan fingerprint density at radius 1 is 1.78 bits per heavy atom. The van der Waals surface area contributed by atoms with Crippen molar-refractivity contribution >= 4 is 0 Å². The van der Waals surface area contributed by atoms with Crippen LogP contribution in [0.1, 0.15) is 11.3 Å². The van der Waals surface area contributed by atoms with Crippen LogP contribution >= 0.6 is 0 Å². The number of rotatable bonds is 2. The first-order chi connectivity index (χ1) is 4.34. The van der Waals surface area contributed by atoms with E-state index in [1.54, 1.807) is 6.26 Å². The summed E-state index contributed by atoms with van der Waals surface area (Å²) in [5.41, 5.74) is 3.66. The Bertz CT molecular complexity index is 183. The monoisotopic (exact) mass is 126 g/mol. The zero-order chi connectivity index (χ0) is 6.69. The highest BCUT2D eigenvalue weighted by Crippen LogP contribution is 2.06. The summed E-state index contributed by atoms with van der Waals surface area (Å²) in [4.78, 5) is 0. The SMILES string of the molecule is Cc1occc1CNN. The first kappa shape index (κ1) is 6.32. The van der Waals surface area contributed by atoms with Crippen LogP contribution in [0, 0.1) is 6.92 Å². The van der Waals surface area contributed by atoms with E-state index in [0.717, 1.165) is 11.3 Å². The van der Waals surface area contributed by atoms with Gasteiger partial charge in [-0.15, -0.1) is 0 Å². The molecule has 0 atom stereocenters. The third kappa shape index (κ3) is 1.31. The third-order valence-electron chi connectivity index (χ3n) is 1.26. The average molecular weight is 126 g/mol. The van der Waals surface area contributed by atoms with E-state index in [1.807, 2.05) is 13.0 Å². The minimum Gasteiger partial charge on any atom is -0.469 e. The van der Waals surface area contributed by atoms with Gasteiger partial charge in [-0.1, -0.05) is 0 Å². The van der Waals surface area contributed by atoms with Crippen LogP contribution in [0.3, 0.4) is 0 Å². The molecular weight excluding hydrogens is 116 g/mol. The molecule has 3 heteroatoms. The van der Waals surface area contributed by atoms with Gasteiger partial charge in [-0.05, 0) is 13.0 Å². The molecule has 0 amide bonds. The largest absolute Gasteiger partial charge is 0.469 e. The minimum absolute atomic E-state index is 0.669. The van der Waals surface area contributed by atoms with Gasteiger partial charge >= 0.3 is 0 Å². The first-order valence-electron chi connectivity index (χ1n) is 2.81.